The molecule has 2 nitrogen and oxygen atoms in total. The molecule has 0 saturated carbocycles. The summed E-state index contributed by atoms with van der Waals surface area (Å²) in [5.74, 6) is 1.93. The summed E-state index contributed by atoms with van der Waals surface area (Å²) < 4.78 is 2.30. The first-order valence-corrected chi connectivity index (χ1v) is 5.10. The Labute approximate surface area is 80.0 Å². The Hall–Kier alpha value is -0.790. The molecule has 2 rings (SSSR count). The van der Waals surface area contributed by atoms with Crippen LogP contribution in [0.4, 0.5) is 0 Å². The van der Waals surface area contributed by atoms with E-state index < -0.39 is 0 Å². The number of aryl methyl sites for hydroxylation is 1. The Kier molecular flexibility index (Phi) is 1.94. The molecule has 1 unspecified atom stereocenters. The number of imidazole rings is 1. The molecule has 2 heteroatoms. The fraction of sp³-hybridized carbons (Fsp3) is 0.727. The molecule has 0 saturated heterocycles. The van der Waals surface area contributed by atoms with Gasteiger partial charge < -0.3 is 4.57 Å². The van der Waals surface area contributed by atoms with Crippen LogP contribution in [0.15, 0.2) is 12.4 Å². The van der Waals surface area contributed by atoms with Crippen LogP contribution in [-0.2, 0) is 6.54 Å². The predicted molar refractivity (Wildman–Crippen MR) is 53.7 cm³/mol. The second-order valence-electron chi connectivity index (χ2n) is 5.04. The summed E-state index contributed by atoms with van der Waals surface area (Å²) in [4.78, 5) is 4.47. The quantitative estimate of drug-likeness (QED) is 0.597. The van der Waals surface area contributed by atoms with Gasteiger partial charge in [0.2, 0.25) is 0 Å². The summed E-state index contributed by atoms with van der Waals surface area (Å²) in [6, 6.07) is 0. The van der Waals surface area contributed by atoms with Crippen molar-refractivity contribution in [3.8, 4) is 0 Å². The fourth-order valence-electron chi connectivity index (χ4n) is 2.24. The zero-order valence-corrected chi connectivity index (χ0v) is 8.75. The van der Waals surface area contributed by atoms with E-state index in [2.05, 4.69) is 36.5 Å². The molecule has 72 valence electrons. The van der Waals surface area contributed by atoms with Gasteiger partial charge in [-0.15, -0.1) is 0 Å². The molecule has 2 heterocycles. The molecule has 0 radical (unpaired) electrons. The summed E-state index contributed by atoms with van der Waals surface area (Å²) in [6.45, 7) is 8.08. The van der Waals surface area contributed by atoms with E-state index >= 15 is 0 Å². The van der Waals surface area contributed by atoms with Crippen LogP contribution >= 0.6 is 0 Å². The highest BCUT2D eigenvalue weighted by Crippen LogP contribution is 2.40. The van der Waals surface area contributed by atoms with E-state index in [4.69, 9.17) is 0 Å². The number of fused-ring (bicyclic) bond motifs is 1. The highest BCUT2D eigenvalue weighted by Gasteiger charge is 2.31. The van der Waals surface area contributed by atoms with Crippen molar-refractivity contribution in [2.45, 2.75) is 46.1 Å². The minimum Gasteiger partial charge on any atom is -0.335 e. The largest absolute Gasteiger partial charge is 0.335 e. The summed E-state index contributed by atoms with van der Waals surface area (Å²) in [5, 5.41) is 0. The topological polar surface area (TPSA) is 17.8 Å². The Bertz CT molecular complexity index is 293. The van der Waals surface area contributed by atoms with Crippen molar-refractivity contribution in [2.24, 2.45) is 5.41 Å². The zero-order chi connectivity index (χ0) is 9.47. The zero-order valence-electron chi connectivity index (χ0n) is 8.75. The Morgan fingerprint density at radius 3 is 2.92 bits per heavy atom. The maximum absolute atomic E-state index is 4.47. The lowest BCUT2D eigenvalue weighted by Gasteiger charge is -2.33. The van der Waals surface area contributed by atoms with Crippen molar-refractivity contribution in [3.63, 3.8) is 0 Å². The number of hydrogen-bond donors (Lipinski definition) is 0. The molecule has 0 N–H and O–H groups in total. The highest BCUT2D eigenvalue weighted by molar-refractivity contribution is 5.07. The third kappa shape index (κ3) is 1.50. The molecule has 0 amide bonds. The van der Waals surface area contributed by atoms with Crippen molar-refractivity contribution in [3.05, 3.63) is 18.2 Å². The third-order valence-corrected chi connectivity index (χ3v) is 3.00. The van der Waals surface area contributed by atoms with Crippen LogP contribution in [0.5, 0.6) is 0 Å². The lowest BCUT2D eigenvalue weighted by Crippen LogP contribution is -2.26. The van der Waals surface area contributed by atoms with Crippen molar-refractivity contribution in [1.29, 1.82) is 0 Å². The molecular weight excluding hydrogens is 160 g/mol. The van der Waals surface area contributed by atoms with E-state index in [1.165, 1.54) is 18.7 Å². The molecule has 0 bridgehead atoms. The van der Waals surface area contributed by atoms with Gasteiger partial charge in [0.15, 0.2) is 0 Å². The van der Waals surface area contributed by atoms with Gasteiger partial charge in [-0.1, -0.05) is 20.8 Å². The van der Waals surface area contributed by atoms with Gasteiger partial charge in [0.25, 0.3) is 0 Å². The molecule has 1 atom stereocenters. The van der Waals surface area contributed by atoms with E-state index in [0.717, 1.165) is 6.54 Å². The fourth-order valence-corrected chi connectivity index (χ4v) is 2.24. The highest BCUT2D eigenvalue weighted by atomic mass is 15.1. The van der Waals surface area contributed by atoms with Crippen molar-refractivity contribution in [1.82, 2.24) is 9.55 Å². The van der Waals surface area contributed by atoms with Gasteiger partial charge in [0, 0.05) is 24.9 Å². The second kappa shape index (κ2) is 2.86. The minimum atomic E-state index is 0.351. The van der Waals surface area contributed by atoms with Crippen LogP contribution in [0.1, 0.15) is 45.4 Å². The molecule has 1 aromatic rings. The molecule has 1 aliphatic heterocycles. The number of hydrogen-bond acceptors (Lipinski definition) is 1. The summed E-state index contributed by atoms with van der Waals surface area (Å²) in [5.41, 5.74) is 0.351. The number of aromatic nitrogens is 2. The summed E-state index contributed by atoms with van der Waals surface area (Å²) in [6.07, 6.45) is 6.62. The van der Waals surface area contributed by atoms with Gasteiger partial charge in [0.1, 0.15) is 5.82 Å². The molecule has 0 aromatic carbocycles. The van der Waals surface area contributed by atoms with Crippen molar-refractivity contribution < 1.29 is 0 Å². The third-order valence-electron chi connectivity index (χ3n) is 3.00. The van der Waals surface area contributed by atoms with Gasteiger partial charge in [0.05, 0.1) is 0 Å². The van der Waals surface area contributed by atoms with E-state index in [0.29, 0.717) is 11.3 Å². The standard InChI is InChI=1S/C11H18N2/c1-11(2,3)9-5-4-7-13-8-6-12-10(9)13/h6,8-9H,4-5,7H2,1-3H3. The van der Waals surface area contributed by atoms with E-state index in [9.17, 15) is 0 Å². The average molecular weight is 178 g/mol. The van der Waals surface area contributed by atoms with Crippen LogP contribution in [0.2, 0.25) is 0 Å². The van der Waals surface area contributed by atoms with Crippen LogP contribution in [0.25, 0.3) is 0 Å². The number of nitrogens with zero attached hydrogens (tertiary/aromatic N) is 2. The Balaban J connectivity index is 2.35. The van der Waals surface area contributed by atoms with E-state index in [-0.39, 0.29) is 0 Å². The minimum absolute atomic E-state index is 0.351. The Morgan fingerprint density at radius 2 is 2.23 bits per heavy atom. The smallest absolute Gasteiger partial charge is 0.112 e. The van der Waals surface area contributed by atoms with Gasteiger partial charge in [-0.3, -0.25) is 0 Å². The molecule has 1 aromatic heterocycles. The summed E-state index contributed by atoms with van der Waals surface area (Å²) in [7, 11) is 0. The maximum Gasteiger partial charge on any atom is 0.112 e. The lowest BCUT2D eigenvalue weighted by molar-refractivity contribution is 0.257. The van der Waals surface area contributed by atoms with Crippen LogP contribution in [0.3, 0.4) is 0 Å². The van der Waals surface area contributed by atoms with Crippen molar-refractivity contribution in [2.75, 3.05) is 0 Å². The summed E-state index contributed by atoms with van der Waals surface area (Å²) >= 11 is 0. The molecule has 1 aliphatic rings. The first-order chi connectivity index (χ1) is 6.09. The Morgan fingerprint density at radius 1 is 1.46 bits per heavy atom. The molecule has 0 fully saturated rings. The SMILES string of the molecule is CC(C)(C)C1CCCn2ccnc21. The van der Waals surface area contributed by atoms with Crippen LogP contribution < -0.4 is 0 Å². The molecule has 0 spiro atoms. The first kappa shape index (κ1) is 8.79. The average Bonchev–Trinajstić information content (AvgIpc) is 2.48. The number of rotatable bonds is 0. The normalized spacial score (nSPS) is 22.8. The first-order valence-electron chi connectivity index (χ1n) is 5.10. The monoisotopic (exact) mass is 178 g/mol. The molecule has 0 aliphatic carbocycles. The predicted octanol–water partition coefficient (Wildman–Crippen LogP) is 2.81. The van der Waals surface area contributed by atoms with Gasteiger partial charge in [-0.25, -0.2) is 4.98 Å². The molecule has 13 heavy (non-hydrogen) atoms. The van der Waals surface area contributed by atoms with Gasteiger partial charge in [-0.2, -0.15) is 0 Å². The second-order valence-corrected chi connectivity index (χ2v) is 5.04. The maximum atomic E-state index is 4.47. The van der Waals surface area contributed by atoms with Crippen LogP contribution in [-0.4, -0.2) is 9.55 Å². The van der Waals surface area contributed by atoms with Gasteiger partial charge >= 0.3 is 0 Å². The van der Waals surface area contributed by atoms with E-state index in [1.807, 2.05) is 6.20 Å². The van der Waals surface area contributed by atoms with Crippen molar-refractivity contribution >= 4 is 0 Å². The lowest BCUT2D eigenvalue weighted by atomic mass is 9.76. The van der Waals surface area contributed by atoms with E-state index in [1.54, 1.807) is 0 Å². The van der Waals surface area contributed by atoms with Gasteiger partial charge in [-0.05, 0) is 18.3 Å². The van der Waals surface area contributed by atoms with Crippen LogP contribution in [0, 0.1) is 5.41 Å². The molecular formula is C11H18N2.